The van der Waals surface area contributed by atoms with Gasteiger partial charge in [-0.15, -0.1) is 0 Å². The Balaban J connectivity index is 2.25. The summed E-state index contributed by atoms with van der Waals surface area (Å²) in [5.74, 6) is -1.62. The summed E-state index contributed by atoms with van der Waals surface area (Å²) in [7, 11) is 2.84. The van der Waals surface area contributed by atoms with E-state index in [9.17, 15) is 9.59 Å². The molecule has 0 radical (unpaired) electrons. The third-order valence-electron chi connectivity index (χ3n) is 3.24. The minimum absolute atomic E-state index is 0.191. The Morgan fingerprint density at radius 2 is 2.09 bits per heavy atom. The van der Waals surface area contributed by atoms with Crippen LogP contribution in [-0.4, -0.2) is 42.5 Å². The second kappa shape index (κ2) is 7.06. The highest BCUT2D eigenvalue weighted by Gasteiger charge is 2.34. The van der Waals surface area contributed by atoms with Crippen LogP contribution in [0, 0.1) is 0 Å². The number of carbonyl (C=O) groups is 2. The van der Waals surface area contributed by atoms with E-state index >= 15 is 0 Å². The zero-order valence-electron chi connectivity index (χ0n) is 12.4. The van der Waals surface area contributed by atoms with E-state index in [-0.39, 0.29) is 11.5 Å². The minimum Gasteiger partial charge on any atom is -0.490 e. The van der Waals surface area contributed by atoms with Crippen LogP contribution >= 0.6 is 15.9 Å². The normalized spacial score (nSPS) is 13.8. The van der Waals surface area contributed by atoms with E-state index in [1.165, 1.54) is 11.8 Å². The molecular weight excluding hydrogens is 356 g/mol. The fourth-order valence-corrected chi connectivity index (χ4v) is 2.65. The summed E-state index contributed by atoms with van der Waals surface area (Å²) in [5.41, 5.74) is 0.997. The molecule has 0 aromatic carbocycles. The number of nitrogens with zero attached hydrogens (tertiary/aromatic N) is 2. The van der Waals surface area contributed by atoms with E-state index in [1.54, 1.807) is 7.11 Å². The fourth-order valence-electron chi connectivity index (χ4n) is 1.88. The van der Waals surface area contributed by atoms with Gasteiger partial charge in [0, 0.05) is 13.0 Å². The van der Waals surface area contributed by atoms with Gasteiger partial charge in [0.1, 0.15) is 0 Å². The first-order chi connectivity index (χ1) is 10.5. The van der Waals surface area contributed by atoms with Crippen molar-refractivity contribution < 1.29 is 23.8 Å². The van der Waals surface area contributed by atoms with Crippen molar-refractivity contribution >= 4 is 27.9 Å². The molecule has 0 unspecified atom stereocenters. The number of hydrogen-bond donors (Lipinski definition) is 0. The molecule has 1 aromatic rings. The molecule has 22 heavy (non-hydrogen) atoms. The lowest BCUT2D eigenvalue weighted by Gasteiger charge is -2.07. The van der Waals surface area contributed by atoms with Crippen LogP contribution in [0.25, 0.3) is 0 Å². The largest absolute Gasteiger partial charge is 0.490 e. The molecule has 0 atom stereocenters. The molecule has 120 valence electrons. The number of hydrogen-bond acceptors (Lipinski definition) is 6. The van der Waals surface area contributed by atoms with Crippen molar-refractivity contribution in [3.63, 3.8) is 0 Å². The summed E-state index contributed by atoms with van der Waals surface area (Å²) in [6, 6.07) is 0. The van der Waals surface area contributed by atoms with Crippen molar-refractivity contribution in [2.45, 2.75) is 25.3 Å². The fraction of sp³-hybridized carbons (Fsp3) is 0.500. The van der Waals surface area contributed by atoms with Crippen molar-refractivity contribution in [1.82, 2.24) is 9.78 Å². The number of carbonyl (C=O) groups excluding carboxylic acids is 2. The molecule has 7 nitrogen and oxygen atoms in total. The third-order valence-corrected chi connectivity index (χ3v) is 4.03. The van der Waals surface area contributed by atoms with Gasteiger partial charge < -0.3 is 14.2 Å². The second-order valence-electron chi connectivity index (χ2n) is 4.84. The van der Waals surface area contributed by atoms with Crippen molar-refractivity contribution in [3.05, 3.63) is 28.2 Å². The lowest BCUT2D eigenvalue weighted by molar-refractivity contribution is -0.137. The first kappa shape index (κ1) is 16.7. The molecule has 2 rings (SSSR count). The Morgan fingerprint density at radius 3 is 2.64 bits per heavy atom. The highest BCUT2D eigenvalue weighted by atomic mass is 79.9. The molecule has 0 spiro atoms. The van der Waals surface area contributed by atoms with Gasteiger partial charge in [0.15, 0.2) is 11.5 Å². The standard InChI is InChI=1S/C14H17BrN2O5/c1-8(21-3)13(18)22-14(19)12-10(15)11(9-4-5-9)16-17(12)6-7-20-2/h9H,1,4-7H2,2-3H3. The molecule has 8 heteroatoms. The number of ether oxygens (including phenoxy) is 3. The van der Waals surface area contributed by atoms with Crippen LogP contribution in [0.1, 0.15) is 34.9 Å². The molecule has 1 aliphatic rings. The minimum atomic E-state index is -0.924. The van der Waals surface area contributed by atoms with E-state index in [0.717, 1.165) is 18.5 Å². The summed E-state index contributed by atoms with van der Waals surface area (Å²) < 4.78 is 16.5. The van der Waals surface area contributed by atoms with Gasteiger partial charge in [-0.2, -0.15) is 5.10 Å². The van der Waals surface area contributed by atoms with E-state index in [0.29, 0.717) is 23.5 Å². The maximum Gasteiger partial charge on any atom is 0.380 e. The van der Waals surface area contributed by atoms with E-state index in [4.69, 9.17) is 9.47 Å². The number of halogens is 1. The van der Waals surface area contributed by atoms with Crippen LogP contribution < -0.4 is 0 Å². The van der Waals surface area contributed by atoms with Gasteiger partial charge >= 0.3 is 11.9 Å². The molecule has 0 aliphatic heterocycles. The van der Waals surface area contributed by atoms with Gasteiger partial charge in [-0.3, -0.25) is 4.68 Å². The number of esters is 2. The summed E-state index contributed by atoms with van der Waals surface area (Å²) in [6.07, 6.45) is 2.07. The van der Waals surface area contributed by atoms with Crippen LogP contribution in [-0.2, 0) is 25.5 Å². The van der Waals surface area contributed by atoms with Crippen molar-refractivity contribution in [3.8, 4) is 0 Å². The van der Waals surface area contributed by atoms with Crippen molar-refractivity contribution in [1.29, 1.82) is 0 Å². The smallest absolute Gasteiger partial charge is 0.380 e. The summed E-state index contributed by atoms with van der Waals surface area (Å²) in [4.78, 5) is 23.9. The Bertz CT molecular complexity index is 607. The molecule has 1 heterocycles. The van der Waals surface area contributed by atoms with Gasteiger partial charge in [-0.25, -0.2) is 9.59 Å². The van der Waals surface area contributed by atoms with Crippen LogP contribution in [0.5, 0.6) is 0 Å². The topological polar surface area (TPSA) is 79.7 Å². The summed E-state index contributed by atoms with van der Waals surface area (Å²) >= 11 is 3.39. The maximum atomic E-state index is 12.3. The highest BCUT2D eigenvalue weighted by Crippen LogP contribution is 2.43. The predicted octanol–water partition coefficient (Wildman–Crippen LogP) is 2.01. The zero-order valence-corrected chi connectivity index (χ0v) is 14.0. The summed E-state index contributed by atoms with van der Waals surface area (Å²) in [5, 5.41) is 4.43. The molecule has 0 saturated heterocycles. The molecule has 1 saturated carbocycles. The molecule has 1 aliphatic carbocycles. The van der Waals surface area contributed by atoms with E-state index in [2.05, 4.69) is 32.3 Å². The maximum absolute atomic E-state index is 12.3. The number of aromatic nitrogens is 2. The third kappa shape index (κ3) is 3.56. The van der Waals surface area contributed by atoms with Gasteiger partial charge in [-0.1, -0.05) is 0 Å². The molecule has 1 fully saturated rings. The first-order valence-electron chi connectivity index (χ1n) is 6.74. The lowest BCUT2D eigenvalue weighted by atomic mass is 10.2. The first-order valence-corrected chi connectivity index (χ1v) is 7.53. The van der Waals surface area contributed by atoms with Crippen LogP contribution in [0.2, 0.25) is 0 Å². The molecular formula is C14H17BrN2O5. The molecule has 1 aromatic heterocycles. The van der Waals surface area contributed by atoms with Gasteiger partial charge in [0.25, 0.3) is 0 Å². The Kier molecular flexibility index (Phi) is 5.36. The quantitative estimate of drug-likeness (QED) is 0.315. The molecule has 0 amide bonds. The van der Waals surface area contributed by atoms with Gasteiger partial charge in [0.2, 0.25) is 0 Å². The average molecular weight is 373 g/mol. The van der Waals surface area contributed by atoms with Crippen LogP contribution in [0.15, 0.2) is 16.8 Å². The van der Waals surface area contributed by atoms with Crippen molar-refractivity contribution in [2.24, 2.45) is 0 Å². The van der Waals surface area contributed by atoms with E-state index in [1.807, 2.05) is 0 Å². The highest BCUT2D eigenvalue weighted by molar-refractivity contribution is 9.10. The monoisotopic (exact) mass is 372 g/mol. The molecule has 0 bridgehead atoms. The predicted molar refractivity (Wildman–Crippen MR) is 80.3 cm³/mol. The van der Waals surface area contributed by atoms with Crippen LogP contribution in [0.4, 0.5) is 0 Å². The average Bonchev–Trinajstić information content (AvgIpc) is 3.28. The molecule has 0 N–H and O–H groups in total. The lowest BCUT2D eigenvalue weighted by Crippen LogP contribution is -2.20. The Morgan fingerprint density at radius 1 is 1.41 bits per heavy atom. The number of rotatable bonds is 7. The second-order valence-corrected chi connectivity index (χ2v) is 5.64. The summed E-state index contributed by atoms with van der Waals surface area (Å²) in [6.45, 7) is 4.12. The van der Waals surface area contributed by atoms with Crippen molar-refractivity contribution in [2.75, 3.05) is 20.8 Å². The Labute approximate surface area is 136 Å². The Hall–Kier alpha value is -1.67. The van der Waals surface area contributed by atoms with Gasteiger partial charge in [0.05, 0.1) is 30.4 Å². The number of methoxy groups -OCH3 is 2. The SMILES string of the molecule is C=C(OC)C(=O)OC(=O)c1c(Br)c(C2CC2)nn1CCOC. The van der Waals surface area contributed by atoms with Crippen LogP contribution in [0.3, 0.4) is 0 Å². The van der Waals surface area contributed by atoms with Gasteiger partial charge in [-0.05, 0) is 35.4 Å². The van der Waals surface area contributed by atoms with E-state index < -0.39 is 11.9 Å². The zero-order chi connectivity index (χ0) is 16.3.